The molecule has 0 spiro atoms. The molecule has 0 saturated heterocycles. The highest BCUT2D eigenvalue weighted by atomic mass is 32.2. The molecule has 248 valence electrons. The first-order valence-corrected chi connectivity index (χ1v) is 16.7. The van der Waals surface area contributed by atoms with Gasteiger partial charge in [0, 0.05) is 24.7 Å². The monoisotopic (exact) mass is 653 g/mol. The number of anilines is 1. The summed E-state index contributed by atoms with van der Waals surface area (Å²) in [5.74, 6) is 0.291. The van der Waals surface area contributed by atoms with Crippen molar-refractivity contribution in [2.24, 2.45) is 0 Å². The highest BCUT2D eigenvalue weighted by Crippen LogP contribution is 2.38. The Kier molecular flexibility index (Phi) is 11.8. The summed E-state index contributed by atoms with van der Waals surface area (Å²) in [4.78, 5) is 29.4. The fourth-order valence-electron chi connectivity index (χ4n) is 5.68. The standard InChI is InChI=1S/C34H43N3O8S/c1-6-28(34(39)35-25-14-10-11-15-25)36(22-24-12-8-7-9-13-24)33(38)23-37(29-20-26(42-2)16-18-30(29)43-3)46(40,41)27-17-19-31(44-4)32(21-27)45-5/h7-9,12-13,16-21,25,28H,6,10-11,14-15,22-23H2,1-5H3,(H,35,39)/t28-/m0/s1. The van der Waals surface area contributed by atoms with Crippen molar-refractivity contribution in [3.63, 3.8) is 0 Å². The number of hydrogen-bond donors (Lipinski definition) is 1. The Bertz CT molecular complexity index is 1590. The first kappa shape index (κ1) is 34.4. The molecule has 0 radical (unpaired) electrons. The third-order valence-corrected chi connectivity index (χ3v) is 9.92. The van der Waals surface area contributed by atoms with Gasteiger partial charge in [0.05, 0.1) is 39.0 Å². The van der Waals surface area contributed by atoms with Gasteiger partial charge in [0.2, 0.25) is 11.8 Å². The highest BCUT2D eigenvalue weighted by molar-refractivity contribution is 7.92. The zero-order valence-corrected chi connectivity index (χ0v) is 27.8. The van der Waals surface area contributed by atoms with E-state index in [1.807, 2.05) is 37.3 Å². The minimum atomic E-state index is -4.43. The van der Waals surface area contributed by atoms with Crippen LogP contribution in [0.1, 0.15) is 44.6 Å². The lowest BCUT2D eigenvalue weighted by Crippen LogP contribution is -2.53. The average molecular weight is 654 g/mol. The molecule has 3 aromatic carbocycles. The number of amides is 2. The smallest absolute Gasteiger partial charge is 0.265 e. The van der Waals surface area contributed by atoms with Gasteiger partial charge in [0.15, 0.2) is 11.5 Å². The predicted octanol–water partition coefficient (Wildman–Crippen LogP) is 4.78. The molecule has 1 aliphatic carbocycles. The van der Waals surface area contributed by atoms with E-state index in [4.69, 9.17) is 18.9 Å². The Morgan fingerprint density at radius 2 is 1.50 bits per heavy atom. The summed E-state index contributed by atoms with van der Waals surface area (Å²) in [5.41, 5.74) is 0.893. The van der Waals surface area contributed by atoms with Crippen molar-refractivity contribution in [3.8, 4) is 23.0 Å². The van der Waals surface area contributed by atoms with Gasteiger partial charge in [-0.15, -0.1) is 0 Å². The van der Waals surface area contributed by atoms with Crippen LogP contribution in [0, 0.1) is 0 Å². The average Bonchev–Trinajstić information content (AvgIpc) is 3.59. The molecule has 0 bridgehead atoms. The van der Waals surface area contributed by atoms with Crippen molar-refractivity contribution < 1.29 is 37.0 Å². The third kappa shape index (κ3) is 7.85. The molecule has 0 aliphatic heterocycles. The van der Waals surface area contributed by atoms with Crippen LogP contribution < -0.4 is 28.6 Å². The zero-order chi connectivity index (χ0) is 33.3. The number of carbonyl (C=O) groups is 2. The van der Waals surface area contributed by atoms with Gasteiger partial charge in [0.1, 0.15) is 24.1 Å². The number of benzene rings is 3. The Hall–Kier alpha value is -4.45. The first-order chi connectivity index (χ1) is 22.2. The number of sulfonamides is 1. The second kappa shape index (κ2) is 15.7. The van der Waals surface area contributed by atoms with E-state index in [1.54, 1.807) is 12.1 Å². The highest BCUT2D eigenvalue weighted by Gasteiger charge is 2.36. The van der Waals surface area contributed by atoms with E-state index in [0.717, 1.165) is 35.6 Å². The van der Waals surface area contributed by atoms with E-state index < -0.39 is 28.5 Å². The van der Waals surface area contributed by atoms with Crippen LogP contribution in [-0.4, -0.2) is 72.2 Å². The summed E-state index contributed by atoms with van der Waals surface area (Å²) in [6, 6.07) is 17.4. The van der Waals surface area contributed by atoms with Crippen molar-refractivity contribution in [2.45, 2.75) is 62.6 Å². The van der Waals surface area contributed by atoms with Crippen molar-refractivity contribution in [2.75, 3.05) is 39.3 Å². The Morgan fingerprint density at radius 1 is 0.848 bits per heavy atom. The zero-order valence-electron chi connectivity index (χ0n) is 27.0. The molecular formula is C34H43N3O8S. The molecule has 1 N–H and O–H groups in total. The molecule has 0 aromatic heterocycles. The van der Waals surface area contributed by atoms with Crippen LogP contribution in [0.15, 0.2) is 71.6 Å². The molecule has 0 unspecified atom stereocenters. The van der Waals surface area contributed by atoms with Gasteiger partial charge < -0.3 is 29.2 Å². The third-order valence-electron chi connectivity index (χ3n) is 8.16. The number of hydrogen-bond acceptors (Lipinski definition) is 8. The van der Waals surface area contributed by atoms with Crippen LogP contribution in [0.4, 0.5) is 5.69 Å². The van der Waals surface area contributed by atoms with E-state index in [0.29, 0.717) is 17.9 Å². The van der Waals surface area contributed by atoms with Crippen molar-refractivity contribution in [3.05, 3.63) is 72.3 Å². The molecule has 12 heteroatoms. The first-order valence-electron chi connectivity index (χ1n) is 15.3. The quantitative estimate of drug-likeness (QED) is 0.249. The summed E-state index contributed by atoms with van der Waals surface area (Å²) in [5, 5.41) is 3.12. The molecular weight excluding hydrogens is 610 g/mol. The minimum absolute atomic E-state index is 0.0539. The van der Waals surface area contributed by atoms with Crippen LogP contribution >= 0.6 is 0 Å². The van der Waals surface area contributed by atoms with Crippen LogP contribution in [0.5, 0.6) is 23.0 Å². The Balaban J connectivity index is 1.81. The van der Waals surface area contributed by atoms with E-state index in [1.165, 1.54) is 57.6 Å². The van der Waals surface area contributed by atoms with Crippen molar-refractivity contribution >= 4 is 27.5 Å². The number of methoxy groups -OCH3 is 4. The fourth-order valence-corrected chi connectivity index (χ4v) is 7.11. The lowest BCUT2D eigenvalue weighted by atomic mass is 10.1. The van der Waals surface area contributed by atoms with Gasteiger partial charge in [-0.3, -0.25) is 13.9 Å². The topological polar surface area (TPSA) is 124 Å². The molecule has 0 heterocycles. The summed E-state index contributed by atoms with van der Waals surface area (Å²) in [7, 11) is 1.30. The molecule has 4 rings (SSSR count). The maximum absolute atomic E-state index is 14.5. The summed E-state index contributed by atoms with van der Waals surface area (Å²) < 4.78 is 51.6. The van der Waals surface area contributed by atoms with Crippen LogP contribution in [0.25, 0.3) is 0 Å². The summed E-state index contributed by atoms with van der Waals surface area (Å²) >= 11 is 0. The maximum Gasteiger partial charge on any atom is 0.265 e. The van der Waals surface area contributed by atoms with E-state index in [-0.39, 0.29) is 40.6 Å². The molecule has 1 atom stereocenters. The molecule has 2 amide bonds. The van der Waals surface area contributed by atoms with Crippen molar-refractivity contribution in [1.29, 1.82) is 0 Å². The fraction of sp³-hybridized carbons (Fsp3) is 0.412. The van der Waals surface area contributed by atoms with Gasteiger partial charge in [0.25, 0.3) is 10.0 Å². The largest absolute Gasteiger partial charge is 0.497 e. The van der Waals surface area contributed by atoms with Gasteiger partial charge in [-0.05, 0) is 49.1 Å². The van der Waals surface area contributed by atoms with E-state index in [9.17, 15) is 18.0 Å². The number of nitrogens with one attached hydrogen (secondary N) is 1. The molecule has 3 aromatic rings. The molecule has 1 saturated carbocycles. The number of rotatable bonds is 15. The summed E-state index contributed by atoms with van der Waals surface area (Å²) in [6.07, 6.45) is 4.20. The van der Waals surface area contributed by atoms with Gasteiger partial charge in [-0.1, -0.05) is 50.1 Å². The number of nitrogens with zero attached hydrogens (tertiary/aromatic N) is 2. The van der Waals surface area contributed by atoms with Crippen LogP contribution in [-0.2, 0) is 26.2 Å². The number of ether oxygens (including phenoxy) is 4. The van der Waals surface area contributed by atoms with Crippen molar-refractivity contribution in [1.82, 2.24) is 10.2 Å². The predicted molar refractivity (Wildman–Crippen MR) is 175 cm³/mol. The molecule has 11 nitrogen and oxygen atoms in total. The molecule has 1 fully saturated rings. The van der Waals surface area contributed by atoms with E-state index in [2.05, 4.69) is 5.32 Å². The van der Waals surface area contributed by atoms with Crippen LogP contribution in [0.2, 0.25) is 0 Å². The lowest BCUT2D eigenvalue weighted by Gasteiger charge is -2.34. The number of carbonyl (C=O) groups excluding carboxylic acids is 2. The Morgan fingerprint density at radius 3 is 2.11 bits per heavy atom. The summed E-state index contributed by atoms with van der Waals surface area (Å²) in [6.45, 7) is 1.32. The molecule has 1 aliphatic rings. The molecule has 46 heavy (non-hydrogen) atoms. The second-order valence-electron chi connectivity index (χ2n) is 11.0. The maximum atomic E-state index is 14.5. The second-order valence-corrected chi connectivity index (χ2v) is 12.8. The van der Waals surface area contributed by atoms with Gasteiger partial charge >= 0.3 is 0 Å². The van der Waals surface area contributed by atoms with E-state index >= 15 is 0 Å². The lowest BCUT2D eigenvalue weighted by molar-refractivity contribution is -0.140. The Labute approximate surface area is 271 Å². The minimum Gasteiger partial charge on any atom is -0.497 e. The van der Waals surface area contributed by atoms with Gasteiger partial charge in [-0.2, -0.15) is 0 Å². The SMILES string of the molecule is CC[C@@H](C(=O)NC1CCCC1)N(Cc1ccccc1)C(=O)CN(c1cc(OC)ccc1OC)S(=O)(=O)c1ccc(OC)c(OC)c1. The normalized spacial score (nSPS) is 13.8. The van der Waals surface area contributed by atoms with Gasteiger partial charge in [-0.25, -0.2) is 8.42 Å². The van der Waals surface area contributed by atoms with Crippen LogP contribution in [0.3, 0.4) is 0 Å².